The molecule has 1 aliphatic rings. The fourth-order valence-corrected chi connectivity index (χ4v) is 4.74. The maximum atomic E-state index is 6.15. The average molecular weight is 321 g/mol. The maximum absolute atomic E-state index is 6.15. The van der Waals surface area contributed by atoms with E-state index in [2.05, 4.69) is 39.2 Å². The Kier molecular flexibility index (Phi) is 4.73. The van der Waals surface area contributed by atoms with Crippen LogP contribution < -0.4 is 5.73 Å². The Balaban J connectivity index is 2.16. The zero-order valence-electron chi connectivity index (χ0n) is 9.36. The van der Waals surface area contributed by atoms with Gasteiger partial charge in [0, 0.05) is 45.4 Å². The Morgan fingerprint density at radius 3 is 2.62 bits per heavy atom. The number of hydrogen-bond donors (Lipinski definition) is 1. The molecule has 0 bridgehead atoms. The van der Waals surface area contributed by atoms with Crippen molar-refractivity contribution >= 4 is 39.0 Å². The second-order valence-electron chi connectivity index (χ2n) is 4.12. The van der Waals surface area contributed by atoms with Crippen LogP contribution in [0.15, 0.2) is 15.9 Å². The van der Waals surface area contributed by atoms with Crippen molar-refractivity contribution in [2.75, 3.05) is 24.6 Å². The number of thioether (sulfide) groups is 1. The van der Waals surface area contributed by atoms with E-state index in [0.29, 0.717) is 6.04 Å². The normalized spacial score (nSPS) is 21.9. The van der Waals surface area contributed by atoms with Crippen molar-refractivity contribution in [2.45, 2.75) is 19.0 Å². The molecule has 2 atom stereocenters. The van der Waals surface area contributed by atoms with E-state index >= 15 is 0 Å². The highest BCUT2D eigenvalue weighted by Crippen LogP contribution is 2.32. The van der Waals surface area contributed by atoms with Gasteiger partial charge in [-0.2, -0.15) is 11.8 Å². The average Bonchev–Trinajstić information content (AvgIpc) is 2.66. The molecule has 0 aromatic carbocycles. The molecule has 0 aliphatic carbocycles. The zero-order chi connectivity index (χ0) is 11.5. The van der Waals surface area contributed by atoms with E-state index in [0.717, 1.165) is 13.1 Å². The molecule has 0 radical (unpaired) electrons. The van der Waals surface area contributed by atoms with Gasteiger partial charge in [-0.15, -0.1) is 11.3 Å². The predicted octanol–water partition coefficient (Wildman–Crippen LogP) is 2.95. The molecule has 2 rings (SSSR count). The number of halogens is 1. The topological polar surface area (TPSA) is 29.3 Å². The first-order valence-corrected chi connectivity index (χ1v) is 8.32. The van der Waals surface area contributed by atoms with Crippen LogP contribution in [0.3, 0.4) is 0 Å². The molecule has 90 valence electrons. The van der Waals surface area contributed by atoms with E-state index in [-0.39, 0.29) is 6.04 Å². The lowest BCUT2D eigenvalue weighted by Gasteiger charge is -2.36. The summed E-state index contributed by atoms with van der Waals surface area (Å²) in [6.07, 6.45) is 0. The third kappa shape index (κ3) is 3.01. The summed E-state index contributed by atoms with van der Waals surface area (Å²) in [5.74, 6) is 2.46. The lowest BCUT2D eigenvalue weighted by atomic mass is 10.1. The van der Waals surface area contributed by atoms with Crippen LogP contribution in [-0.2, 0) is 0 Å². The molecule has 2 nitrogen and oxygen atoms in total. The van der Waals surface area contributed by atoms with Gasteiger partial charge in [0.15, 0.2) is 0 Å². The molecule has 1 aromatic heterocycles. The Morgan fingerprint density at radius 1 is 1.44 bits per heavy atom. The Morgan fingerprint density at radius 2 is 2.12 bits per heavy atom. The number of nitrogens with two attached hydrogens (primary N) is 1. The van der Waals surface area contributed by atoms with Gasteiger partial charge in [-0.25, -0.2) is 0 Å². The van der Waals surface area contributed by atoms with Crippen molar-refractivity contribution in [3.8, 4) is 0 Å². The highest BCUT2D eigenvalue weighted by atomic mass is 79.9. The quantitative estimate of drug-likeness (QED) is 0.928. The second-order valence-corrected chi connectivity index (χ2v) is 7.20. The summed E-state index contributed by atoms with van der Waals surface area (Å²) in [6, 6.07) is 2.78. The summed E-state index contributed by atoms with van der Waals surface area (Å²) in [7, 11) is 0. The van der Waals surface area contributed by atoms with Crippen LogP contribution >= 0.6 is 39.0 Å². The summed E-state index contributed by atoms with van der Waals surface area (Å²) >= 11 is 7.36. The van der Waals surface area contributed by atoms with Crippen molar-refractivity contribution in [1.82, 2.24) is 4.90 Å². The van der Waals surface area contributed by atoms with Crippen LogP contribution in [0.2, 0.25) is 0 Å². The van der Waals surface area contributed by atoms with Crippen LogP contribution in [0.25, 0.3) is 0 Å². The van der Waals surface area contributed by atoms with E-state index in [4.69, 9.17) is 5.73 Å². The SMILES string of the molecule is CC(N)C(c1cc(Br)cs1)N1CCSCC1. The Labute approximate surface area is 114 Å². The maximum Gasteiger partial charge on any atom is 0.0591 e. The smallest absolute Gasteiger partial charge is 0.0591 e. The van der Waals surface area contributed by atoms with Crippen molar-refractivity contribution < 1.29 is 0 Å². The van der Waals surface area contributed by atoms with Gasteiger partial charge in [-0.1, -0.05) is 0 Å². The largest absolute Gasteiger partial charge is 0.326 e. The van der Waals surface area contributed by atoms with Crippen LogP contribution in [0, 0.1) is 0 Å². The fourth-order valence-electron chi connectivity index (χ4n) is 2.11. The van der Waals surface area contributed by atoms with E-state index in [1.807, 2.05) is 11.8 Å². The molecule has 0 saturated carbocycles. The summed E-state index contributed by atoms with van der Waals surface area (Å²) in [5, 5.41) is 2.14. The highest BCUT2D eigenvalue weighted by Gasteiger charge is 2.26. The summed E-state index contributed by atoms with van der Waals surface area (Å²) in [5.41, 5.74) is 6.15. The number of thiophene rings is 1. The minimum Gasteiger partial charge on any atom is -0.326 e. The van der Waals surface area contributed by atoms with Gasteiger partial charge in [-0.3, -0.25) is 4.90 Å². The van der Waals surface area contributed by atoms with Gasteiger partial charge >= 0.3 is 0 Å². The van der Waals surface area contributed by atoms with Gasteiger partial charge in [-0.05, 0) is 28.9 Å². The first kappa shape index (κ1) is 12.9. The monoisotopic (exact) mass is 320 g/mol. The molecule has 2 heterocycles. The van der Waals surface area contributed by atoms with Crippen LogP contribution in [0.1, 0.15) is 17.8 Å². The van der Waals surface area contributed by atoms with E-state index in [1.165, 1.54) is 20.9 Å². The number of nitrogens with zero attached hydrogens (tertiary/aromatic N) is 1. The van der Waals surface area contributed by atoms with Crippen molar-refractivity contribution in [2.24, 2.45) is 5.73 Å². The second kappa shape index (κ2) is 5.87. The molecule has 0 amide bonds. The molecular formula is C11H17BrN2S2. The summed E-state index contributed by atoms with van der Waals surface area (Å²) < 4.78 is 1.17. The zero-order valence-corrected chi connectivity index (χ0v) is 12.6. The molecule has 0 spiro atoms. The van der Waals surface area contributed by atoms with Crippen LogP contribution in [0.4, 0.5) is 0 Å². The Bertz CT molecular complexity index is 334. The molecule has 1 saturated heterocycles. The van der Waals surface area contributed by atoms with Gasteiger partial charge in [0.2, 0.25) is 0 Å². The lowest BCUT2D eigenvalue weighted by molar-refractivity contribution is 0.198. The van der Waals surface area contributed by atoms with Crippen molar-refractivity contribution in [3.05, 3.63) is 20.8 Å². The first-order valence-electron chi connectivity index (χ1n) is 5.50. The minimum absolute atomic E-state index is 0.189. The van der Waals surface area contributed by atoms with E-state index in [1.54, 1.807) is 11.3 Å². The first-order chi connectivity index (χ1) is 7.68. The molecule has 2 unspecified atom stereocenters. The van der Waals surface area contributed by atoms with Gasteiger partial charge in [0.05, 0.1) is 6.04 Å². The highest BCUT2D eigenvalue weighted by molar-refractivity contribution is 9.10. The van der Waals surface area contributed by atoms with Gasteiger partial charge in [0.25, 0.3) is 0 Å². The van der Waals surface area contributed by atoms with Gasteiger partial charge in [0.1, 0.15) is 0 Å². The van der Waals surface area contributed by atoms with E-state index < -0.39 is 0 Å². The van der Waals surface area contributed by atoms with Crippen LogP contribution in [0.5, 0.6) is 0 Å². The molecular weight excluding hydrogens is 304 g/mol. The predicted molar refractivity (Wildman–Crippen MR) is 77.3 cm³/mol. The van der Waals surface area contributed by atoms with Crippen molar-refractivity contribution in [1.29, 1.82) is 0 Å². The molecule has 16 heavy (non-hydrogen) atoms. The molecule has 1 fully saturated rings. The third-order valence-electron chi connectivity index (χ3n) is 2.82. The standard InChI is InChI=1S/C11H17BrN2S2/c1-8(13)11(10-6-9(12)7-16-10)14-2-4-15-5-3-14/h6-8,11H,2-5,13H2,1H3. The van der Waals surface area contributed by atoms with Crippen molar-refractivity contribution in [3.63, 3.8) is 0 Å². The van der Waals surface area contributed by atoms with Crippen LogP contribution in [-0.4, -0.2) is 35.5 Å². The number of hydrogen-bond acceptors (Lipinski definition) is 4. The molecule has 1 aromatic rings. The number of rotatable bonds is 3. The van der Waals surface area contributed by atoms with E-state index in [9.17, 15) is 0 Å². The molecule has 5 heteroatoms. The summed E-state index contributed by atoms with van der Waals surface area (Å²) in [4.78, 5) is 3.91. The summed E-state index contributed by atoms with van der Waals surface area (Å²) in [6.45, 7) is 4.43. The molecule has 1 aliphatic heterocycles. The molecule has 2 N–H and O–H groups in total. The lowest BCUT2D eigenvalue weighted by Crippen LogP contribution is -2.43. The minimum atomic E-state index is 0.189. The third-order valence-corrected chi connectivity index (χ3v) is 5.52. The van der Waals surface area contributed by atoms with Gasteiger partial charge < -0.3 is 5.73 Å². The Hall–Kier alpha value is 0.450. The fraction of sp³-hybridized carbons (Fsp3) is 0.636.